The number of halogens is 2. The van der Waals surface area contributed by atoms with Gasteiger partial charge in [-0.05, 0) is 47.7 Å². The van der Waals surface area contributed by atoms with Crippen LogP contribution in [0, 0.1) is 5.82 Å². The second kappa shape index (κ2) is 12.7. The maximum Gasteiger partial charge on any atom is 0.243 e. The van der Waals surface area contributed by atoms with Crippen LogP contribution in [0.15, 0.2) is 78.9 Å². The number of nitrogens with zero attached hydrogens (tertiary/aromatic N) is 1. The van der Waals surface area contributed by atoms with Gasteiger partial charge in [-0.15, -0.1) is 0 Å². The molecule has 0 spiro atoms. The van der Waals surface area contributed by atoms with Gasteiger partial charge in [-0.25, -0.2) is 4.39 Å². The molecule has 36 heavy (non-hydrogen) atoms. The van der Waals surface area contributed by atoms with E-state index in [1.54, 1.807) is 23.1 Å². The summed E-state index contributed by atoms with van der Waals surface area (Å²) in [4.78, 5) is 29.1. The summed E-state index contributed by atoms with van der Waals surface area (Å²) in [6.45, 7) is 0.204. The zero-order chi connectivity index (χ0) is 25.3. The van der Waals surface area contributed by atoms with Gasteiger partial charge in [-0.3, -0.25) is 9.59 Å². The van der Waals surface area contributed by atoms with E-state index in [1.165, 1.54) is 18.6 Å². The van der Waals surface area contributed by atoms with Gasteiger partial charge in [0, 0.05) is 24.0 Å². The van der Waals surface area contributed by atoms with Gasteiger partial charge in [0.1, 0.15) is 11.9 Å². The maximum absolute atomic E-state index is 13.8. The highest BCUT2D eigenvalue weighted by atomic mass is 35.5. The lowest BCUT2D eigenvalue weighted by molar-refractivity contribution is -0.141. The van der Waals surface area contributed by atoms with Crippen LogP contribution in [0.25, 0.3) is 0 Å². The van der Waals surface area contributed by atoms with Gasteiger partial charge in [0.2, 0.25) is 11.8 Å². The van der Waals surface area contributed by atoms with Crippen molar-refractivity contribution in [3.8, 4) is 0 Å². The Morgan fingerprint density at radius 1 is 0.889 bits per heavy atom. The summed E-state index contributed by atoms with van der Waals surface area (Å²) >= 11 is 6.47. The maximum atomic E-state index is 13.8. The third-order valence-corrected chi connectivity index (χ3v) is 7.16. The number of amides is 2. The Kier molecular flexibility index (Phi) is 9.12. The van der Waals surface area contributed by atoms with E-state index in [9.17, 15) is 14.0 Å². The Bertz CT molecular complexity index is 1150. The molecule has 4 rings (SSSR count). The zero-order valence-electron chi connectivity index (χ0n) is 20.3. The van der Waals surface area contributed by atoms with E-state index in [2.05, 4.69) is 5.32 Å². The minimum absolute atomic E-state index is 0.0622. The van der Waals surface area contributed by atoms with Crippen molar-refractivity contribution in [1.29, 1.82) is 0 Å². The number of carbonyl (C=O) groups is 2. The summed E-state index contributed by atoms with van der Waals surface area (Å²) in [5.74, 6) is -0.709. The van der Waals surface area contributed by atoms with Gasteiger partial charge >= 0.3 is 0 Å². The molecule has 1 aliphatic carbocycles. The Morgan fingerprint density at radius 2 is 1.56 bits per heavy atom. The average molecular weight is 507 g/mol. The molecule has 3 aromatic carbocycles. The number of nitrogens with one attached hydrogen (secondary N) is 1. The summed E-state index contributed by atoms with van der Waals surface area (Å²) < 4.78 is 13.5. The fraction of sp³-hybridized carbons (Fsp3) is 0.333. The highest BCUT2D eigenvalue weighted by Crippen LogP contribution is 2.23. The van der Waals surface area contributed by atoms with Gasteiger partial charge < -0.3 is 10.2 Å². The van der Waals surface area contributed by atoms with Gasteiger partial charge in [0.05, 0.1) is 6.42 Å². The third kappa shape index (κ3) is 7.17. The monoisotopic (exact) mass is 506 g/mol. The van der Waals surface area contributed by atoms with Crippen LogP contribution in [-0.4, -0.2) is 28.8 Å². The summed E-state index contributed by atoms with van der Waals surface area (Å²) in [5.41, 5.74) is 2.44. The summed E-state index contributed by atoms with van der Waals surface area (Å²) in [6, 6.07) is 22.4. The molecule has 1 N–H and O–H groups in total. The molecule has 0 aliphatic heterocycles. The topological polar surface area (TPSA) is 49.4 Å². The molecule has 0 aromatic heterocycles. The highest BCUT2D eigenvalue weighted by molar-refractivity contribution is 6.31. The molecule has 1 fully saturated rings. The SMILES string of the molecule is O=C(NC1CCCCC1)C(Cc1ccccc1)N(Cc1ccccc1Cl)C(=O)Cc1ccc(F)cc1. The van der Waals surface area contributed by atoms with Crippen LogP contribution in [0.5, 0.6) is 0 Å². The number of hydrogen-bond donors (Lipinski definition) is 1. The Labute approximate surface area is 217 Å². The molecule has 1 unspecified atom stereocenters. The first-order valence-corrected chi connectivity index (χ1v) is 13.0. The van der Waals surface area contributed by atoms with Crippen molar-refractivity contribution in [2.24, 2.45) is 0 Å². The smallest absolute Gasteiger partial charge is 0.243 e. The van der Waals surface area contributed by atoms with Crippen molar-refractivity contribution in [3.05, 3.63) is 106 Å². The zero-order valence-corrected chi connectivity index (χ0v) is 21.1. The van der Waals surface area contributed by atoms with E-state index < -0.39 is 6.04 Å². The molecule has 0 bridgehead atoms. The van der Waals surface area contributed by atoms with Crippen LogP contribution in [0.1, 0.15) is 48.8 Å². The van der Waals surface area contributed by atoms with Crippen molar-refractivity contribution in [3.63, 3.8) is 0 Å². The first kappa shape index (κ1) is 25.9. The minimum atomic E-state index is -0.710. The van der Waals surface area contributed by atoms with Crippen LogP contribution in [0.3, 0.4) is 0 Å². The van der Waals surface area contributed by atoms with E-state index >= 15 is 0 Å². The Balaban J connectivity index is 1.65. The summed E-state index contributed by atoms with van der Waals surface area (Å²) in [6.07, 6.45) is 5.75. The number of benzene rings is 3. The van der Waals surface area contributed by atoms with E-state index in [4.69, 9.17) is 11.6 Å². The molecule has 1 atom stereocenters. The van der Waals surface area contributed by atoms with Crippen molar-refractivity contribution < 1.29 is 14.0 Å². The molecule has 2 amide bonds. The molecule has 188 valence electrons. The number of rotatable bonds is 9. The van der Waals surface area contributed by atoms with Crippen LogP contribution in [-0.2, 0) is 29.0 Å². The van der Waals surface area contributed by atoms with Crippen LogP contribution in [0.4, 0.5) is 4.39 Å². The molecule has 0 heterocycles. The molecule has 6 heteroatoms. The van der Waals surface area contributed by atoms with Crippen molar-refractivity contribution in [1.82, 2.24) is 10.2 Å². The fourth-order valence-corrected chi connectivity index (χ4v) is 4.98. The van der Waals surface area contributed by atoms with Gasteiger partial charge in [-0.2, -0.15) is 0 Å². The van der Waals surface area contributed by atoms with E-state index in [0.29, 0.717) is 17.0 Å². The lowest BCUT2D eigenvalue weighted by atomic mass is 9.94. The highest BCUT2D eigenvalue weighted by Gasteiger charge is 2.32. The Hall–Kier alpha value is -3.18. The van der Waals surface area contributed by atoms with Gasteiger partial charge in [-0.1, -0.05) is 91.5 Å². The van der Waals surface area contributed by atoms with Crippen LogP contribution >= 0.6 is 11.6 Å². The fourth-order valence-electron chi connectivity index (χ4n) is 4.79. The van der Waals surface area contributed by atoms with Crippen molar-refractivity contribution in [2.75, 3.05) is 0 Å². The van der Waals surface area contributed by atoms with E-state index in [0.717, 1.165) is 36.8 Å². The second-order valence-corrected chi connectivity index (χ2v) is 9.87. The number of hydrogen-bond acceptors (Lipinski definition) is 2. The summed E-state index contributed by atoms with van der Waals surface area (Å²) in [5, 5.41) is 3.78. The molecular formula is C30H32ClFN2O2. The summed E-state index contributed by atoms with van der Waals surface area (Å²) in [7, 11) is 0. The van der Waals surface area contributed by atoms with Gasteiger partial charge in [0.15, 0.2) is 0 Å². The molecule has 0 saturated heterocycles. The average Bonchev–Trinajstić information content (AvgIpc) is 2.89. The first-order chi connectivity index (χ1) is 17.5. The molecular weight excluding hydrogens is 475 g/mol. The third-order valence-electron chi connectivity index (χ3n) is 6.79. The van der Waals surface area contributed by atoms with Crippen LogP contribution in [0.2, 0.25) is 5.02 Å². The molecule has 1 aliphatic rings. The minimum Gasteiger partial charge on any atom is -0.352 e. The van der Waals surface area contributed by atoms with Crippen molar-refractivity contribution in [2.45, 2.75) is 63.6 Å². The second-order valence-electron chi connectivity index (χ2n) is 9.47. The predicted molar refractivity (Wildman–Crippen MR) is 141 cm³/mol. The van der Waals surface area contributed by atoms with E-state index in [1.807, 2.05) is 48.5 Å². The standard InChI is InChI=1S/C30H32ClFN2O2/c31-27-14-8-7-11-24(27)21-34(29(35)20-23-15-17-25(32)18-16-23)28(19-22-9-3-1-4-10-22)30(36)33-26-12-5-2-6-13-26/h1,3-4,7-11,14-18,26,28H,2,5-6,12-13,19-21H2,(H,33,36). The number of carbonyl (C=O) groups excluding carboxylic acids is 2. The van der Waals surface area contributed by atoms with Gasteiger partial charge in [0.25, 0.3) is 0 Å². The predicted octanol–water partition coefficient (Wildman–Crippen LogP) is 6.11. The first-order valence-electron chi connectivity index (χ1n) is 12.6. The van der Waals surface area contributed by atoms with E-state index in [-0.39, 0.29) is 36.6 Å². The normalized spacial score (nSPS) is 14.7. The quantitative estimate of drug-likeness (QED) is 0.380. The largest absolute Gasteiger partial charge is 0.352 e. The lowest BCUT2D eigenvalue weighted by Crippen LogP contribution is -2.53. The van der Waals surface area contributed by atoms with Crippen LogP contribution < -0.4 is 5.32 Å². The Morgan fingerprint density at radius 3 is 2.25 bits per heavy atom. The molecule has 0 radical (unpaired) electrons. The molecule has 1 saturated carbocycles. The molecule has 3 aromatic rings. The lowest BCUT2D eigenvalue weighted by Gasteiger charge is -2.33. The molecule has 4 nitrogen and oxygen atoms in total. The van der Waals surface area contributed by atoms with Crippen molar-refractivity contribution >= 4 is 23.4 Å².